The fourth-order valence-electron chi connectivity index (χ4n) is 2.96. The van der Waals surface area contributed by atoms with Gasteiger partial charge in [-0.25, -0.2) is 0 Å². The maximum absolute atomic E-state index is 12.3. The zero-order valence-corrected chi connectivity index (χ0v) is 17.2. The largest absolute Gasteiger partial charge is 0.497 e. The average molecular weight is 389 g/mol. The lowest BCUT2D eigenvalue weighted by molar-refractivity contribution is -0.116. The van der Waals surface area contributed by atoms with Crippen molar-refractivity contribution in [3.63, 3.8) is 0 Å². The molecule has 5 nitrogen and oxygen atoms in total. The van der Waals surface area contributed by atoms with E-state index in [0.29, 0.717) is 18.0 Å². The first-order valence-corrected chi connectivity index (χ1v) is 10.0. The summed E-state index contributed by atoms with van der Waals surface area (Å²) in [6.07, 6.45) is 3.29. The Morgan fingerprint density at radius 3 is 2.59 bits per heavy atom. The molecule has 0 aliphatic carbocycles. The molecule has 2 aromatic rings. The number of hydrogen-bond donors (Lipinski definition) is 1. The summed E-state index contributed by atoms with van der Waals surface area (Å²) in [5, 5.41) is 7.24. The Morgan fingerprint density at radius 2 is 2.00 bits per heavy atom. The number of ether oxygens (including phenoxy) is 2. The number of carbonyl (C=O) groups is 1. The third-order valence-corrected chi connectivity index (χ3v) is 5.21. The molecule has 0 radical (unpaired) electrons. The Bertz CT molecular complexity index is 740. The number of likely N-dealkylation sites (N-methyl/N-ethyl adjacent to an activating group) is 1. The van der Waals surface area contributed by atoms with Crippen molar-refractivity contribution in [3.05, 3.63) is 52.2 Å². The molecular weight excluding hydrogens is 360 g/mol. The van der Waals surface area contributed by atoms with Crippen LogP contribution in [0.2, 0.25) is 0 Å². The normalized spacial score (nSPS) is 12.3. The zero-order valence-electron chi connectivity index (χ0n) is 16.4. The van der Waals surface area contributed by atoms with Gasteiger partial charge in [0.05, 0.1) is 20.3 Å². The predicted molar refractivity (Wildman–Crippen MR) is 112 cm³/mol. The van der Waals surface area contributed by atoms with Gasteiger partial charge in [-0.3, -0.25) is 9.69 Å². The molecule has 0 saturated carbocycles. The number of amides is 1. The van der Waals surface area contributed by atoms with Gasteiger partial charge in [0.15, 0.2) is 0 Å². The van der Waals surface area contributed by atoms with E-state index in [1.807, 2.05) is 12.1 Å². The van der Waals surface area contributed by atoms with E-state index in [1.54, 1.807) is 37.7 Å². The molecule has 2 rings (SSSR count). The van der Waals surface area contributed by atoms with Crippen LogP contribution in [0, 0.1) is 0 Å². The van der Waals surface area contributed by atoms with Crippen molar-refractivity contribution in [1.82, 2.24) is 10.2 Å². The Labute approximate surface area is 165 Å². The van der Waals surface area contributed by atoms with E-state index < -0.39 is 0 Å². The molecule has 0 aliphatic heterocycles. The summed E-state index contributed by atoms with van der Waals surface area (Å²) in [7, 11) is 3.21. The van der Waals surface area contributed by atoms with Crippen LogP contribution in [-0.4, -0.2) is 44.7 Å². The van der Waals surface area contributed by atoms with Gasteiger partial charge in [0.1, 0.15) is 11.5 Å². The minimum Gasteiger partial charge on any atom is -0.497 e. The first kappa shape index (κ1) is 21.0. The van der Waals surface area contributed by atoms with E-state index in [0.717, 1.165) is 18.7 Å². The molecule has 1 amide bonds. The van der Waals surface area contributed by atoms with Crippen LogP contribution in [0.4, 0.5) is 0 Å². The lowest BCUT2D eigenvalue weighted by Crippen LogP contribution is -2.37. The molecular formula is C21H28N2O3S. The lowest BCUT2D eigenvalue weighted by atomic mass is 10.1. The van der Waals surface area contributed by atoms with Crippen molar-refractivity contribution in [2.45, 2.75) is 19.9 Å². The van der Waals surface area contributed by atoms with Crippen molar-refractivity contribution >= 4 is 23.3 Å². The summed E-state index contributed by atoms with van der Waals surface area (Å²) in [5.74, 6) is 1.25. The van der Waals surface area contributed by atoms with E-state index in [-0.39, 0.29) is 11.9 Å². The number of hydrogen-bond acceptors (Lipinski definition) is 5. The highest BCUT2D eigenvalue weighted by atomic mass is 32.1. The van der Waals surface area contributed by atoms with Crippen molar-refractivity contribution in [3.8, 4) is 11.5 Å². The molecule has 27 heavy (non-hydrogen) atoms. The van der Waals surface area contributed by atoms with Crippen molar-refractivity contribution < 1.29 is 14.3 Å². The van der Waals surface area contributed by atoms with Gasteiger partial charge in [-0.1, -0.05) is 13.8 Å². The second-order valence-electron chi connectivity index (χ2n) is 5.98. The highest BCUT2D eigenvalue weighted by Crippen LogP contribution is 2.25. The summed E-state index contributed by atoms with van der Waals surface area (Å²) in [5.41, 5.74) is 2.07. The first-order chi connectivity index (χ1) is 13.1. The molecule has 146 valence electrons. The van der Waals surface area contributed by atoms with Gasteiger partial charge >= 0.3 is 0 Å². The lowest BCUT2D eigenvalue weighted by Gasteiger charge is -2.29. The van der Waals surface area contributed by atoms with Gasteiger partial charge < -0.3 is 14.8 Å². The summed E-state index contributed by atoms with van der Waals surface area (Å²) < 4.78 is 10.6. The molecule has 0 spiro atoms. The van der Waals surface area contributed by atoms with Crippen LogP contribution >= 0.6 is 11.3 Å². The van der Waals surface area contributed by atoms with Crippen LogP contribution in [-0.2, 0) is 4.79 Å². The minimum atomic E-state index is -0.125. The van der Waals surface area contributed by atoms with Gasteiger partial charge in [0, 0.05) is 24.3 Å². The Hall–Kier alpha value is -2.31. The summed E-state index contributed by atoms with van der Waals surface area (Å²) >= 11 is 1.68. The number of nitrogens with zero attached hydrogens (tertiary/aromatic N) is 1. The van der Waals surface area contributed by atoms with E-state index in [2.05, 4.69) is 40.9 Å². The van der Waals surface area contributed by atoms with Crippen LogP contribution in [0.15, 0.2) is 41.1 Å². The molecule has 1 N–H and O–H groups in total. The summed E-state index contributed by atoms with van der Waals surface area (Å²) in [6.45, 7) is 6.72. The molecule has 0 fully saturated rings. The van der Waals surface area contributed by atoms with Gasteiger partial charge in [-0.2, -0.15) is 11.3 Å². The third-order valence-electron chi connectivity index (χ3n) is 4.51. The summed E-state index contributed by atoms with van der Waals surface area (Å²) in [4.78, 5) is 14.7. The quantitative estimate of drug-likeness (QED) is 0.626. The smallest absolute Gasteiger partial charge is 0.244 e. The van der Waals surface area contributed by atoms with Crippen molar-refractivity contribution in [1.29, 1.82) is 0 Å². The SMILES string of the molecule is CCN(CC)[C@@H](CNC(=O)/C=C/c1ccc(OC)cc1OC)c1ccsc1. The van der Waals surface area contributed by atoms with Crippen LogP contribution in [0.25, 0.3) is 6.08 Å². The Balaban J connectivity index is 2.03. The average Bonchev–Trinajstić information content (AvgIpc) is 3.23. The van der Waals surface area contributed by atoms with Crippen molar-refractivity contribution in [2.24, 2.45) is 0 Å². The fourth-order valence-corrected chi connectivity index (χ4v) is 3.67. The van der Waals surface area contributed by atoms with E-state index in [1.165, 1.54) is 11.6 Å². The number of rotatable bonds is 10. The zero-order chi connectivity index (χ0) is 19.6. The monoisotopic (exact) mass is 388 g/mol. The molecule has 1 atom stereocenters. The number of methoxy groups -OCH3 is 2. The van der Waals surface area contributed by atoms with E-state index in [4.69, 9.17) is 9.47 Å². The van der Waals surface area contributed by atoms with Gasteiger partial charge in [-0.05, 0) is 53.7 Å². The standard InChI is InChI=1S/C21H28N2O3S/c1-5-23(6-2)19(17-11-12-27-15-17)14-22-21(24)10-8-16-7-9-18(25-3)13-20(16)26-4/h7-13,15,19H,5-6,14H2,1-4H3,(H,22,24)/b10-8+/t19-/m0/s1. The second kappa shape index (κ2) is 10.7. The van der Waals surface area contributed by atoms with Crippen LogP contribution in [0.1, 0.15) is 31.0 Å². The Kier molecular flexibility index (Phi) is 8.36. The highest BCUT2D eigenvalue weighted by Gasteiger charge is 2.18. The topological polar surface area (TPSA) is 50.8 Å². The van der Waals surface area contributed by atoms with Crippen LogP contribution in [0.5, 0.6) is 11.5 Å². The number of thiophene rings is 1. The number of nitrogens with one attached hydrogen (secondary N) is 1. The van der Waals surface area contributed by atoms with Gasteiger partial charge in [-0.15, -0.1) is 0 Å². The first-order valence-electron chi connectivity index (χ1n) is 9.07. The van der Waals surface area contributed by atoms with Crippen LogP contribution in [0.3, 0.4) is 0 Å². The molecule has 0 bridgehead atoms. The number of carbonyl (C=O) groups excluding carboxylic acids is 1. The van der Waals surface area contributed by atoms with Gasteiger partial charge in [0.25, 0.3) is 0 Å². The third kappa shape index (κ3) is 5.84. The molecule has 0 unspecified atom stereocenters. The maximum atomic E-state index is 12.3. The van der Waals surface area contributed by atoms with E-state index in [9.17, 15) is 4.79 Å². The minimum absolute atomic E-state index is 0.125. The molecule has 1 heterocycles. The molecule has 0 aliphatic rings. The van der Waals surface area contributed by atoms with Crippen molar-refractivity contribution in [2.75, 3.05) is 33.9 Å². The predicted octanol–water partition coefficient (Wildman–Crippen LogP) is 3.98. The van der Waals surface area contributed by atoms with E-state index >= 15 is 0 Å². The fraction of sp³-hybridized carbons (Fsp3) is 0.381. The Morgan fingerprint density at radius 1 is 1.22 bits per heavy atom. The molecule has 6 heteroatoms. The molecule has 1 aromatic heterocycles. The second-order valence-corrected chi connectivity index (χ2v) is 6.76. The summed E-state index contributed by atoms with van der Waals surface area (Å²) in [6, 6.07) is 7.81. The van der Waals surface area contributed by atoms with Crippen LogP contribution < -0.4 is 14.8 Å². The molecule has 1 aromatic carbocycles. The van der Waals surface area contributed by atoms with Gasteiger partial charge in [0.2, 0.25) is 5.91 Å². The number of benzene rings is 1. The maximum Gasteiger partial charge on any atom is 0.244 e. The molecule has 0 saturated heterocycles. The highest BCUT2D eigenvalue weighted by molar-refractivity contribution is 7.07.